The number of likely N-dealkylation sites (N-methyl/N-ethyl adjacent to an activating group) is 1. The highest BCUT2D eigenvalue weighted by Gasteiger charge is 2.13. The van der Waals surface area contributed by atoms with Crippen LogP contribution in [0.3, 0.4) is 0 Å². The molecular weight excluding hydrogens is 303 g/mol. The lowest BCUT2D eigenvalue weighted by Gasteiger charge is -2.16. The molecule has 2 amide bonds. The number of benzene rings is 1. The predicted molar refractivity (Wildman–Crippen MR) is 77.7 cm³/mol. The first kappa shape index (κ1) is 16.8. The van der Waals surface area contributed by atoms with Crippen LogP contribution in [0.2, 0.25) is 10.0 Å². The first-order valence-electron chi connectivity index (χ1n) is 5.92. The van der Waals surface area contributed by atoms with Crippen LogP contribution in [0.15, 0.2) is 18.2 Å². The van der Waals surface area contributed by atoms with Gasteiger partial charge in [0.25, 0.3) is 0 Å². The highest BCUT2D eigenvalue weighted by atomic mass is 35.5. The summed E-state index contributed by atoms with van der Waals surface area (Å²) in [5.74, 6) is -0.558. The summed E-state index contributed by atoms with van der Waals surface area (Å²) < 4.78 is 0. The van der Waals surface area contributed by atoms with E-state index in [1.54, 1.807) is 18.2 Å². The SMILES string of the molecule is CC(=O)N(C)CC(=O)NCC(O)c1cc(Cl)cc(Cl)c1. The molecule has 20 heavy (non-hydrogen) atoms. The molecule has 1 aromatic rings. The minimum absolute atomic E-state index is 0.0151. The Balaban J connectivity index is 2.52. The van der Waals surface area contributed by atoms with E-state index in [-0.39, 0.29) is 24.9 Å². The molecule has 0 bridgehead atoms. The van der Waals surface area contributed by atoms with Gasteiger partial charge in [-0.2, -0.15) is 0 Å². The molecule has 0 fully saturated rings. The smallest absolute Gasteiger partial charge is 0.239 e. The summed E-state index contributed by atoms with van der Waals surface area (Å²) in [6, 6.07) is 4.71. The molecule has 0 aliphatic rings. The van der Waals surface area contributed by atoms with E-state index < -0.39 is 6.10 Å². The summed E-state index contributed by atoms with van der Waals surface area (Å²) in [7, 11) is 1.52. The molecule has 1 rings (SSSR count). The van der Waals surface area contributed by atoms with Gasteiger partial charge >= 0.3 is 0 Å². The lowest BCUT2D eigenvalue weighted by molar-refractivity contribution is -0.133. The maximum atomic E-state index is 11.6. The predicted octanol–water partition coefficient (Wildman–Crippen LogP) is 1.62. The molecule has 1 unspecified atom stereocenters. The average molecular weight is 319 g/mol. The number of nitrogens with zero attached hydrogens (tertiary/aromatic N) is 1. The number of aliphatic hydroxyl groups is 1. The van der Waals surface area contributed by atoms with Gasteiger partial charge in [-0.15, -0.1) is 0 Å². The van der Waals surface area contributed by atoms with Crippen LogP contribution in [0, 0.1) is 0 Å². The van der Waals surface area contributed by atoms with Crippen molar-refractivity contribution < 1.29 is 14.7 Å². The summed E-state index contributed by atoms with van der Waals surface area (Å²) in [6.45, 7) is 1.33. The molecule has 0 radical (unpaired) electrons. The molecule has 2 N–H and O–H groups in total. The van der Waals surface area contributed by atoms with Crippen molar-refractivity contribution in [2.24, 2.45) is 0 Å². The van der Waals surface area contributed by atoms with Crippen LogP contribution in [0.5, 0.6) is 0 Å². The Bertz CT molecular complexity index is 488. The van der Waals surface area contributed by atoms with Crippen LogP contribution in [0.25, 0.3) is 0 Å². The molecule has 1 aromatic carbocycles. The molecule has 110 valence electrons. The van der Waals surface area contributed by atoms with Crippen LogP contribution in [0.4, 0.5) is 0 Å². The standard InChI is InChI=1S/C13H16Cl2N2O3/c1-8(18)17(2)7-13(20)16-6-12(19)9-3-10(14)5-11(15)4-9/h3-5,12,19H,6-7H2,1-2H3,(H,16,20). The third kappa shape index (κ3) is 5.36. The quantitative estimate of drug-likeness (QED) is 0.866. The van der Waals surface area contributed by atoms with E-state index in [1.165, 1.54) is 18.9 Å². The average Bonchev–Trinajstić information content (AvgIpc) is 2.34. The Morgan fingerprint density at radius 3 is 2.35 bits per heavy atom. The van der Waals surface area contributed by atoms with Crippen LogP contribution in [-0.2, 0) is 9.59 Å². The number of hydrogen-bond donors (Lipinski definition) is 2. The van der Waals surface area contributed by atoms with Crippen molar-refractivity contribution in [2.45, 2.75) is 13.0 Å². The first-order valence-corrected chi connectivity index (χ1v) is 6.67. The largest absolute Gasteiger partial charge is 0.387 e. The van der Waals surface area contributed by atoms with Gasteiger partial charge in [0.1, 0.15) is 0 Å². The van der Waals surface area contributed by atoms with Crippen molar-refractivity contribution in [1.29, 1.82) is 0 Å². The Kier molecular flexibility index (Phi) is 6.26. The lowest BCUT2D eigenvalue weighted by Crippen LogP contribution is -2.38. The van der Waals surface area contributed by atoms with Gasteiger partial charge in [0.05, 0.1) is 12.6 Å². The van der Waals surface area contributed by atoms with Gasteiger partial charge in [-0.05, 0) is 23.8 Å². The molecule has 0 heterocycles. The van der Waals surface area contributed by atoms with Crippen LogP contribution in [-0.4, -0.2) is 42.0 Å². The van der Waals surface area contributed by atoms with Gasteiger partial charge in [0.2, 0.25) is 11.8 Å². The summed E-state index contributed by atoms with van der Waals surface area (Å²) in [5.41, 5.74) is 0.516. The lowest BCUT2D eigenvalue weighted by atomic mass is 10.1. The van der Waals surface area contributed by atoms with Gasteiger partial charge in [0, 0.05) is 30.6 Å². The van der Waals surface area contributed by atoms with Crippen LogP contribution >= 0.6 is 23.2 Å². The fourth-order valence-electron chi connectivity index (χ4n) is 1.48. The van der Waals surface area contributed by atoms with Crippen molar-refractivity contribution in [3.63, 3.8) is 0 Å². The van der Waals surface area contributed by atoms with Gasteiger partial charge < -0.3 is 15.3 Å². The monoisotopic (exact) mass is 318 g/mol. The maximum Gasteiger partial charge on any atom is 0.239 e. The molecule has 0 aromatic heterocycles. The number of carbonyl (C=O) groups excluding carboxylic acids is 2. The molecule has 0 aliphatic carbocycles. The minimum Gasteiger partial charge on any atom is -0.387 e. The third-order valence-electron chi connectivity index (χ3n) is 2.68. The maximum absolute atomic E-state index is 11.6. The van der Waals surface area contributed by atoms with Gasteiger partial charge in [-0.25, -0.2) is 0 Å². The Morgan fingerprint density at radius 2 is 1.85 bits per heavy atom. The first-order chi connectivity index (χ1) is 9.29. The van der Waals surface area contributed by atoms with Crippen molar-refractivity contribution >= 4 is 35.0 Å². The summed E-state index contributed by atoms with van der Waals surface area (Å²) in [6.07, 6.45) is -0.919. The Labute approximate surface area is 127 Å². The summed E-state index contributed by atoms with van der Waals surface area (Å²) in [4.78, 5) is 23.8. The number of amides is 2. The molecule has 7 heteroatoms. The number of hydrogen-bond acceptors (Lipinski definition) is 3. The van der Waals surface area contributed by atoms with Gasteiger partial charge in [-0.3, -0.25) is 9.59 Å². The number of halogens is 2. The molecule has 0 aliphatic heterocycles. The van der Waals surface area contributed by atoms with E-state index >= 15 is 0 Å². The Hall–Kier alpha value is -1.30. The van der Waals surface area contributed by atoms with Crippen molar-refractivity contribution in [3.8, 4) is 0 Å². The van der Waals surface area contributed by atoms with Crippen molar-refractivity contribution in [3.05, 3.63) is 33.8 Å². The van der Waals surface area contributed by atoms with Gasteiger partial charge in [0.15, 0.2) is 0 Å². The van der Waals surface area contributed by atoms with Crippen LogP contribution in [0.1, 0.15) is 18.6 Å². The fourth-order valence-corrected chi connectivity index (χ4v) is 2.02. The zero-order chi connectivity index (χ0) is 15.3. The molecule has 1 atom stereocenters. The topological polar surface area (TPSA) is 69.6 Å². The second-order valence-corrected chi connectivity index (χ2v) is 5.27. The fraction of sp³-hybridized carbons (Fsp3) is 0.385. The summed E-state index contributed by atoms with van der Waals surface area (Å²) in [5, 5.41) is 13.3. The second kappa shape index (κ2) is 7.47. The van der Waals surface area contributed by atoms with E-state index in [4.69, 9.17) is 23.2 Å². The van der Waals surface area contributed by atoms with E-state index in [9.17, 15) is 14.7 Å². The van der Waals surface area contributed by atoms with E-state index in [0.29, 0.717) is 15.6 Å². The van der Waals surface area contributed by atoms with E-state index in [1.807, 2.05) is 0 Å². The zero-order valence-corrected chi connectivity index (χ0v) is 12.7. The highest BCUT2D eigenvalue weighted by Crippen LogP contribution is 2.23. The third-order valence-corrected chi connectivity index (χ3v) is 3.12. The second-order valence-electron chi connectivity index (χ2n) is 4.40. The number of nitrogens with one attached hydrogen (secondary N) is 1. The van der Waals surface area contributed by atoms with Crippen molar-refractivity contribution in [1.82, 2.24) is 10.2 Å². The number of carbonyl (C=O) groups is 2. The van der Waals surface area contributed by atoms with E-state index in [0.717, 1.165) is 0 Å². The zero-order valence-electron chi connectivity index (χ0n) is 11.2. The van der Waals surface area contributed by atoms with Gasteiger partial charge in [-0.1, -0.05) is 23.2 Å². The van der Waals surface area contributed by atoms with E-state index in [2.05, 4.69) is 5.32 Å². The molecular formula is C13H16Cl2N2O3. The number of rotatable bonds is 5. The minimum atomic E-state index is -0.919. The molecule has 0 saturated heterocycles. The normalized spacial score (nSPS) is 11.8. The van der Waals surface area contributed by atoms with Crippen LogP contribution < -0.4 is 5.32 Å². The van der Waals surface area contributed by atoms with Crippen molar-refractivity contribution in [2.75, 3.05) is 20.1 Å². The molecule has 0 spiro atoms. The molecule has 5 nitrogen and oxygen atoms in total. The Morgan fingerprint density at radius 1 is 1.30 bits per heavy atom. The molecule has 0 saturated carbocycles. The number of aliphatic hydroxyl groups excluding tert-OH is 1. The summed E-state index contributed by atoms with van der Waals surface area (Å²) >= 11 is 11.7. The highest BCUT2D eigenvalue weighted by molar-refractivity contribution is 6.34.